The van der Waals surface area contributed by atoms with E-state index in [9.17, 15) is 9.59 Å². The lowest BCUT2D eigenvalue weighted by molar-refractivity contribution is -0.131. The zero-order chi connectivity index (χ0) is 22.1. The predicted octanol–water partition coefficient (Wildman–Crippen LogP) is 2.77. The Morgan fingerprint density at radius 3 is 2.47 bits per heavy atom. The molecule has 174 valence electrons. The summed E-state index contributed by atoms with van der Waals surface area (Å²) in [5.41, 5.74) is 2.83. The van der Waals surface area contributed by atoms with E-state index in [4.69, 9.17) is 9.47 Å². The second-order valence-corrected chi connectivity index (χ2v) is 9.94. The van der Waals surface area contributed by atoms with Crippen LogP contribution >= 0.6 is 0 Å². The summed E-state index contributed by atoms with van der Waals surface area (Å²) in [6.45, 7) is 8.10. The lowest BCUT2D eigenvalue weighted by Crippen LogP contribution is -2.56. The number of likely N-dealkylation sites (tertiary alicyclic amines) is 2. The molecule has 1 aromatic rings. The van der Waals surface area contributed by atoms with Crippen molar-refractivity contribution in [2.75, 3.05) is 45.9 Å². The van der Waals surface area contributed by atoms with Crippen LogP contribution < -0.4 is 0 Å². The minimum absolute atomic E-state index is 0.0743. The van der Waals surface area contributed by atoms with E-state index in [0.717, 1.165) is 71.4 Å². The van der Waals surface area contributed by atoms with E-state index >= 15 is 0 Å². The van der Waals surface area contributed by atoms with E-state index < -0.39 is 0 Å². The van der Waals surface area contributed by atoms with Gasteiger partial charge in [0.2, 0.25) is 5.91 Å². The summed E-state index contributed by atoms with van der Waals surface area (Å²) in [7, 11) is 0. The first-order valence-corrected chi connectivity index (χ1v) is 12.2. The SMILES string of the molecule is CC(=O)N1Cc2ccccc2C2(CCN(C3CCN(C(=O)O[C@H]4CCOC4)CC3)CC2)C1. The molecule has 4 aliphatic heterocycles. The molecule has 4 aliphatic rings. The van der Waals surface area contributed by atoms with Gasteiger partial charge < -0.3 is 24.2 Å². The topological polar surface area (TPSA) is 62.3 Å². The van der Waals surface area contributed by atoms with E-state index in [1.165, 1.54) is 11.1 Å². The molecule has 32 heavy (non-hydrogen) atoms. The molecular weight excluding hydrogens is 406 g/mol. The second kappa shape index (κ2) is 9.02. The molecule has 2 amide bonds. The first-order chi connectivity index (χ1) is 15.5. The van der Waals surface area contributed by atoms with Gasteiger partial charge in [-0.05, 0) is 49.9 Å². The Morgan fingerprint density at radius 1 is 1.03 bits per heavy atom. The maximum absolute atomic E-state index is 12.4. The van der Waals surface area contributed by atoms with Crippen LogP contribution in [-0.2, 0) is 26.2 Å². The van der Waals surface area contributed by atoms with Gasteiger partial charge >= 0.3 is 6.09 Å². The number of ether oxygens (including phenoxy) is 2. The minimum atomic E-state index is -0.181. The van der Waals surface area contributed by atoms with Crippen molar-refractivity contribution in [1.29, 1.82) is 0 Å². The van der Waals surface area contributed by atoms with Gasteiger partial charge in [-0.25, -0.2) is 4.79 Å². The number of rotatable bonds is 2. The molecule has 0 N–H and O–H groups in total. The molecule has 7 nitrogen and oxygen atoms in total. The molecule has 0 bridgehead atoms. The number of amides is 2. The van der Waals surface area contributed by atoms with E-state index in [2.05, 4.69) is 29.2 Å². The molecule has 7 heteroatoms. The Morgan fingerprint density at radius 2 is 1.78 bits per heavy atom. The Balaban J connectivity index is 1.17. The number of benzene rings is 1. The molecule has 3 fully saturated rings. The zero-order valence-corrected chi connectivity index (χ0v) is 19.1. The van der Waals surface area contributed by atoms with Crippen molar-refractivity contribution >= 4 is 12.0 Å². The predicted molar refractivity (Wildman–Crippen MR) is 120 cm³/mol. The molecule has 0 radical (unpaired) electrons. The Labute approximate surface area is 190 Å². The van der Waals surface area contributed by atoms with Crippen molar-refractivity contribution in [3.8, 4) is 0 Å². The maximum Gasteiger partial charge on any atom is 0.410 e. The van der Waals surface area contributed by atoms with E-state index in [1.807, 2.05) is 9.80 Å². The number of nitrogens with zero attached hydrogens (tertiary/aromatic N) is 3. The fourth-order valence-electron chi connectivity index (χ4n) is 6.09. The summed E-state index contributed by atoms with van der Waals surface area (Å²) >= 11 is 0. The third-order valence-corrected chi connectivity index (χ3v) is 8.04. The van der Waals surface area contributed by atoms with Gasteiger partial charge in [0.25, 0.3) is 0 Å². The summed E-state index contributed by atoms with van der Waals surface area (Å²) in [5, 5.41) is 0. The summed E-state index contributed by atoms with van der Waals surface area (Å²) in [4.78, 5) is 31.2. The van der Waals surface area contributed by atoms with Crippen molar-refractivity contribution in [3.63, 3.8) is 0 Å². The summed E-state index contributed by atoms with van der Waals surface area (Å²) in [6, 6.07) is 9.22. The van der Waals surface area contributed by atoms with Gasteiger partial charge in [-0.1, -0.05) is 24.3 Å². The lowest BCUT2D eigenvalue weighted by atomic mass is 9.68. The van der Waals surface area contributed by atoms with Crippen LogP contribution in [0.5, 0.6) is 0 Å². The Kier molecular flexibility index (Phi) is 6.12. The average molecular weight is 442 g/mol. The number of piperidine rings is 2. The highest BCUT2D eigenvalue weighted by Crippen LogP contribution is 2.42. The van der Waals surface area contributed by atoms with Crippen molar-refractivity contribution in [2.45, 2.75) is 63.1 Å². The van der Waals surface area contributed by atoms with Gasteiger partial charge in [0.15, 0.2) is 0 Å². The molecule has 3 saturated heterocycles. The summed E-state index contributed by atoms with van der Waals surface area (Å²) in [6.07, 6.45) is 4.71. The van der Waals surface area contributed by atoms with Gasteiger partial charge in [0.05, 0.1) is 13.2 Å². The van der Waals surface area contributed by atoms with Crippen LogP contribution in [0, 0.1) is 0 Å². The lowest BCUT2D eigenvalue weighted by Gasteiger charge is -2.50. The third kappa shape index (κ3) is 4.25. The maximum atomic E-state index is 12.4. The highest BCUT2D eigenvalue weighted by atomic mass is 16.6. The first kappa shape index (κ1) is 21.7. The monoisotopic (exact) mass is 441 g/mol. The van der Waals surface area contributed by atoms with Crippen LogP contribution in [0.2, 0.25) is 0 Å². The summed E-state index contributed by atoms with van der Waals surface area (Å²) < 4.78 is 10.9. The molecule has 1 atom stereocenters. The number of hydrogen-bond acceptors (Lipinski definition) is 5. The van der Waals surface area contributed by atoms with E-state index in [0.29, 0.717) is 19.3 Å². The fraction of sp³-hybridized carbons (Fsp3) is 0.680. The molecule has 0 aromatic heterocycles. The number of carbonyl (C=O) groups is 2. The van der Waals surface area contributed by atoms with Gasteiger partial charge in [0.1, 0.15) is 6.10 Å². The largest absolute Gasteiger partial charge is 0.444 e. The number of hydrogen-bond donors (Lipinski definition) is 0. The van der Waals surface area contributed by atoms with Crippen LogP contribution in [-0.4, -0.2) is 84.8 Å². The second-order valence-electron chi connectivity index (χ2n) is 9.94. The van der Waals surface area contributed by atoms with Gasteiger partial charge in [-0.3, -0.25) is 4.79 Å². The molecule has 1 spiro atoms. The molecule has 4 heterocycles. The average Bonchev–Trinajstić information content (AvgIpc) is 3.33. The van der Waals surface area contributed by atoms with Crippen LogP contribution in [0.1, 0.15) is 50.2 Å². The molecule has 0 saturated carbocycles. The van der Waals surface area contributed by atoms with Crippen LogP contribution in [0.3, 0.4) is 0 Å². The van der Waals surface area contributed by atoms with Crippen molar-refractivity contribution in [2.24, 2.45) is 0 Å². The minimum Gasteiger partial charge on any atom is -0.444 e. The molecule has 1 aromatic carbocycles. The first-order valence-electron chi connectivity index (χ1n) is 12.2. The highest BCUT2D eigenvalue weighted by Gasteiger charge is 2.43. The van der Waals surface area contributed by atoms with Crippen LogP contribution in [0.25, 0.3) is 0 Å². The normalized spacial score (nSPS) is 26.2. The smallest absolute Gasteiger partial charge is 0.410 e. The van der Waals surface area contributed by atoms with E-state index in [1.54, 1.807) is 6.92 Å². The summed E-state index contributed by atoms with van der Waals surface area (Å²) in [5.74, 6) is 0.171. The van der Waals surface area contributed by atoms with Gasteiger partial charge in [0, 0.05) is 51.0 Å². The van der Waals surface area contributed by atoms with Crippen molar-refractivity contribution in [1.82, 2.24) is 14.7 Å². The zero-order valence-electron chi connectivity index (χ0n) is 19.1. The quantitative estimate of drug-likeness (QED) is 0.706. The van der Waals surface area contributed by atoms with Crippen molar-refractivity contribution in [3.05, 3.63) is 35.4 Å². The highest BCUT2D eigenvalue weighted by molar-refractivity contribution is 5.74. The molecule has 5 rings (SSSR count). The standard InChI is InChI=1S/C25H35N3O4/c1-19(29)28-16-20-4-2-3-5-23(20)25(18-28)9-13-26(14-10-25)21-6-11-27(12-7-21)24(30)32-22-8-15-31-17-22/h2-5,21-22H,6-18H2,1H3/t22-/m0/s1. The third-order valence-electron chi connectivity index (χ3n) is 8.04. The van der Waals surface area contributed by atoms with Gasteiger partial charge in [-0.2, -0.15) is 0 Å². The molecule has 0 unspecified atom stereocenters. The van der Waals surface area contributed by atoms with E-state index in [-0.39, 0.29) is 23.5 Å². The molecule has 0 aliphatic carbocycles. The molecular formula is C25H35N3O4. The Hall–Kier alpha value is -2.12. The van der Waals surface area contributed by atoms with Crippen LogP contribution in [0.15, 0.2) is 24.3 Å². The van der Waals surface area contributed by atoms with Crippen molar-refractivity contribution < 1.29 is 19.1 Å². The van der Waals surface area contributed by atoms with Gasteiger partial charge in [-0.15, -0.1) is 0 Å². The number of carbonyl (C=O) groups excluding carboxylic acids is 2. The fourth-order valence-corrected chi connectivity index (χ4v) is 6.09. The van der Waals surface area contributed by atoms with Crippen LogP contribution in [0.4, 0.5) is 4.79 Å². The Bertz CT molecular complexity index is 837. The number of fused-ring (bicyclic) bond motifs is 2.